The van der Waals surface area contributed by atoms with Gasteiger partial charge in [-0.3, -0.25) is 9.67 Å². The highest BCUT2D eigenvalue weighted by Gasteiger charge is 2.31. The van der Waals surface area contributed by atoms with Crippen molar-refractivity contribution in [1.82, 2.24) is 25.3 Å². The number of aliphatic hydroxyl groups is 1. The maximum absolute atomic E-state index is 12.4. The molecule has 3 N–H and O–H groups in total. The minimum atomic E-state index is -0.467. The van der Waals surface area contributed by atoms with Crippen LogP contribution in [0.25, 0.3) is 11.4 Å². The molecule has 33 heavy (non-hydrogen) atoms. The highest BCUT2D eigenvalue weighted by atomic mass is 16.5. The lowest BCUT2D eigenvalue weighted by Crippen LogP contribution is -2.52. The first-order valence-corrected chi connectivity index (χ1v) is 10.9. The zero-order valence-corrected chi connectivity index (χ0v) is 18.4. The minimum Gasteiger partial charge on any atom is -0.497 e. The summed E-state index contributed by atoms with van der Waals surface area (Å²) >= 11 is 0. The van der Waals surface area contributed by atoms with Crippen LogP contribution in [0.2, 0.25) is 0 Å². The summed E-state index contributed by atoms with van der Waals surface area (Å²) in [5.74, 6) is 0.715. The van der Waals surface area contributed by atoms with E-state index in [0.717, 1.165) is 24.2 Å². The number of rotatable bonds is 8. The zero-order chi connectivity index (χ0) is 23.0. The lowest BCUT2D eigenvalue weighted by molar-refractivity contribution is -0.0905. The highest BCUT2D eigenvalue weighted by Crippen LogP contribution is 2.23. The van der Waals surface area contributed by atoms with Crippen LogP contribution in [-0.2, 0) is 11.3 Å². The van der Waals surface area contributed by atoms with E-state index in [-0.39, 0.29) is 24.8 Å². The predicted molar refractivity (Wildman–Crippen MR) is 122 cm³/mol. The number of pyridine rings is 1. The number of methoxy groups -OCH3 is 1. The zero-order valence-electron chi connectivity index (χ0n) is 18.4. The van der Waals surface area contributed by atoms with E-state index in [1.54, 1.807) is 42.3 Å². The van der Waals surface area contributed by atoms with Gasteiger partial charge in [0.15, 0.2) is 0 Å². The van der Waals surface area contributed by atoms with Gasteiger partial charge in [0.2, 0.25) is 0 Å². The topological polar surface area (TPSA) is 123 Å². The van der Waals surface area contributed by atoms with Crippen LogP contribution in [0.3, 0.4) is 0 Å². The summed E-state index contributed by atoms with van der Waals surface area (Å²) in [7, 11) is 1.59. The Hall–Kier alpha value is -3.50. The first-order chi connectivity index (χ1) is 16.1. The molecular formula is C23H28N6O4. The van der Waals surface area contributed by atoms with Crippen molar-refractivity contribution in [2.45, 2.75) is 44.1 Å². The molecule has 0 unspecified atom stereocenters. The van der Waals surface area contributed by atoms with E-state index in [1.807, 2.05) is 24.4 Å². The Labute approximate surface area is 191 Å². The van der Waals surface area contributed by atoms with Gasteiger partial charge in [0.05, 0.1) is 37.8 Å². The second-order valence-corrected chi connectivity index (χ2v) is 7.86. The van der Waals surface area contributed by atoms with Crippen molar-refractivity contribution < 1.29 is 19.4 Å². The van der Waals surface area contributed by atoms with Crippen molar-refractivity contribution in [3.05, 3.63) is 54.9 Å². The largest absolute Gasteiger partial charge is 0.497 e. The summed E-state index contributed by atoms with van der Waals surface area (Å²) in [6.45, 7) is 0.468. The van der Waals surface area contributed by atoms with Crippen LogP contribution in [0, 0.1) is 0 Å². The smallest absolute Gasteiger partial charge is 0.319 e. The molecular weight excluding hydrogens is 424 g/mol. The molecule has 3 heterocycles. The lowest BCUT2D eigenvalue weighted by atomic mass is 9.97. The number of nitrogens with one attached hydrogen (secondary N) is 2. The van der Waals surface area contributed by atoms with E-state index in [2.05, 4.69) is 25.9 Å². The Morgan fingerprint density at radius 2 is 2.06 bits per heavy atom. The van der Waals surface area contributed by atoms with Crippen LogP contribution in [0.5, 0.6) is 5.75 Å². The molecule has 1 saturated heterocycles. The molecule has 2 amide bonds. The number of aromatic nitrogens is 4. The second kappa shape index (κ2) is 10.9. The van der Waals surface area contributed by atoms with Crippen LogP contribution in [0.4, 0.5) is 10.5 Å². The van der Waals surface area contributed by atoms with E-state index in [0.29, 0.717) is 24.4 Å². The van der Waals surface area contributed by atoms with Gasteiger partial charge in [0.1, 0.15) is 17.5 Å². The Morgan fingerprint density at radius 1 is 1.21 bits per heavy atom. The standard InChI is InChI=1S/C23H28N6O4/c1-32-17-7-5-16(6-8-17)25-23(31)26-20-10-9-18(33-22(20)15-30)11-13-29-14-21(27-28-29)19-4-2-3-12-24-19/h2-8,12,14,18,20,22,30H,9-11,13,15H2,1H3,(H2,25,26,31)/t18-,20+,22+/m1/s1. The maximum Gasteiger partial charge on any atom is 0.319 e. The molecule has 1 aromatic carbocycles. The number of carbonyl (C=O) groups excluding carboxylic acids is 1. The monoisotopic (exact) mass is 452 g/mol. The molecule has 0 spiro atoms. The number of hydrogen-bond donors (Lipinski definition) is 3. The molecule has 0 aliphatic carbocycles. The molecule has 1 aliphatic heterocycles. The number of amides is 2. The van der Waals surface area contributed by atoms with E-state index in [9.17, 15) is 9.90 Å². The average molecular weight is 453 g/mol. The third kappa shape index (κ3) is 6.05. The fraction of sp³-hybridized carbons (Fsp3) is 0.391. The van der Waals surface area contributed by atoms with Gasteiger partial charge in [-0.1, -0.05) is 11.3 Å². The average Bonchev–Trinajstić information content (AvgIpc) is 3.33. The van der Waals surface area contributed by atoms with Crippen LogP contribution in [0.1, 0.15) is 19.3 Å². The van der Waals surface area contributed by atoms with Crippen molar-refractivity contribution in [2.24, 2.45) is 0 Å². The molecule has 0 saturated carbocycles. The normalized spacial score (nSPS) is 20.2. The van der Waals surface area contributed by atoms with Gasteiger partial charge in [-0.2, -0.15) is 0 Å². The van der Waals surface area contributed by atoms with Gasteiger partial charge in [-0.05, 0) is 55.7 Å². The first kappa shape index (κ1) is 22.7. The summed E-state index contributed by atoms with van der Waals surface area (Å²) in [5.41, 5.74) is 2.15. The molecule has 3 atom stereocenters. The minimum absolute atomic E-state index is 0.0349. The molecule has 2 aromatic heterocycles. The SMILES string of the molecule is COc1ccc(NC(=O)N[C@H]2CC[C@H](CCn3cc(-c4ccccn4)nn3)O[C@H]2CO)cc1. The summed E-state index contributed by atoms with van der Waals surface area (Å²) in [6, 6.07) is 12.1. The maximum atomic E-state index is 12.4. The van der Waals surface area contributed by atoms with Gasteiger partial charge >= 0.3 is 6.03 Å². The van der Waals surface area contributed by atoms with Crippen LogP contribution < -0.4 is 15.4 Å². The lowest BCUT2D eigenvalue weighted by Gasteiger charge is -2.36. The third-order valence-corrected chi connectivity index (χ3v) is 5.61. The van der Waals surface area contributed by atoms with Gasteiger partial charge in [-0.15, -0.1) is 5.10 Å². The summed E-state index contributed by atoms with van der Waals surface area (Å²) in [5, 5.41) is 23.9. The Kier molecular flexibility index (Phi) is 7.48. The number of carbonyl (C=O) groups is 1. The molecule has 4 rings (SSSR count). The van der Waals surface area contributed by atoms with E-state index in [4.69, 9.17) is 9.47 Å². The van der Waals surface area contributed by atoms with Gasteiger partial charge in [-0.25, -0.2) is 4.79 Å². The van der Waals surface area contributed by atoms with E-state index < -0.39 is 6.10 Å². The number of nitrogens with zero attached hydrogens (tertiary/aromatic N) is 4. The van der Waals surface area contributed by atoms with Crippen LogP contribution in [0.15, 0.2) is 54.9 Å². The van der Waals surface area contributed by atoms with Crippen molar-refractivity contribution in [3.63, 3.8) is 0 Å². The summed E-state index contributed by atoms with van der Waals surface area (Å²) < 4.78 is 13.0. The fourth-order valence-electron chi connectivity index (χ4n) is 3.83. The quantitative estimate of drug-likeness (QED) is 0.480. The van der Waals surface area contributed by atoms with Crippen molar-refractivity contribution in [3.8, 4) is 17.1 Å². The van der Waals surface area contributed by atoms with Crippen molar-refractivity contribution in [2.75, 3.05) is 19.0 Å². The molecule has 10 nitrogen and oxygen atoms in total. The summed E-state index contributed by atoms with van der Waals surface area (Å²) in [6.07, 6.45) is 5.29. The predicted octanol–water partition coefficient (Wildman–Crippen LogP) is 2.47. The molecule has 3 aromatic rings. The third-order valence-electron chi connectivity index (χ3n) is 5.61. The number of aryl methyl sites for hydroxylation is 1. The number of hydrogen-bond acceptors (Lipinski definition) is 7. The fourth-order valence-corrected chi connectivity index (χ4v) is 3.83. The van der Waals surface area contributed by atoms with E-state index in [1.165, 1.54) is 0 Å². The van der Waals surface area contributed by atoms with E-state index >= 15 is 0 Å². The van der Waals surface area contributed by atoms with Crippen LogP contribution >= 0.6 is 0 Å². The van der Waals surface area contributed by atoms with Gasteiger partial charge in [0.25, 0.3) is 0 Å². The highest BCUT2D eigenvalue weighted by molar-refractivity contribution is 5.89. The Morgan fingerprint density at radius 3 is 2.79 bits per heavy atom. The van der Waals surface area contributed by atoms with Crippen molar-refractivity contribution >= 4 is 11.7 Å². The number of anilines is 1. The van der Waals surface area contributed by atoms with Crippen LogP contribution in [-0.4, -0.2) is 63.1 Å². The Balaban J connectivity index is 1.25. The molecule has 0 radical (unpaired) electrons. The second-order valence-electron chi connectivity index (χ2n) is 7.86. The number of aliphatic hydroxyl groups excluding tert-OH is 1. The van der Waals surface area contributed by atoms with Gasteiger partial charge < -0.3 is 25.2 Å². The van der Waals surface area contributed by atoms with Gasteiger partial charge in [0, 0.05) is 18.4 Å². The first-order valence-electron chi connectivity index (χ1n) is 10.9. The molecule has 0 bridgehead atoms. The number of urea groups is 1. The molecule has 1 aliphatic rings. The molecule has 174 valence electrons. The molecule has 10 heteroatoms. The van der Waals surface area contributed by atoms with Crippen molar-refractivity contribution in [1.29, 1.82) is 0 Å². The Bertz CT molecular complexity index is 1030. The number of ether oxygens (including phenoxy) is 2. The number of benzene rings is 1. The summed E-state index contributed by atoms with van der Waals surface area (Å²) in [4.78, 5) is 16.7. The molecule has 1 fully saturated rings.